The lowest BCUT2D eigenvalue weighted by Gasteiger charge is -2.16. The first kappa shape index (κ1) is 10.5. The summed E-state index contributed by atoms with van der Waals surface area (Å²) >= 11 is 6.05. The third-order valence-electron chi connectivity index (χ3n) is 2.63. The number of carbonyl (C=O) groups is 1. The maximum absolute atomic E-state index is 11.7. The van der Waals surface area contributed by atoms with Crippen molar-refractivity contribution in [2.24, 2.45) is 5.73 Å². The van der Waals surface area contributed by atoms with Crippen LogP contribution in [-0.2, 0) is 11.2 Å². The molecule has 1 aromatic rings. The van der Waals surface area contributed by atoms with Gasteiger partial charge in [-0.3, -0.25) is 4.79 Å². The average molecular weight is 225 g/mol. The molecule has 0 saturated heterocycles. The van der Waals surface area contributed by atoms with Crippen molar-refractivity contribution >= 4 is 23.2 Å². The molecule has 0 unspecified atom stereocenters. The van der Waals surface area contributed by atoms with E-state index >= 15 is 0 Å². The van der Waals surface area contributed by atoms with Gasteiger partial charge in [0.05, 0.1) is 0 Å². The maximum Gasteiger partial charge on any atom is 0.228 e. The molecule has 0 fully saturated rings. The Morgan fingerprint density at radius 1 is 1.53 bits per heavy atom. The average Bonchev–Trinajstić information content (AvgIpc) is 2.63. The van der Waals surface area contributed by atoms with Crippen LogP contribution in [0.25, 0.3) is 0 Å². The Bertz CT molecular complexity index is 392. The van der Waals surface area contributed by atoms with E-state index in [0.29, 0.717) is 13.0 Å². The van der Waals surface area contributed by atoms with Gasteiger partial charge in [-0.05, 0) is 24.1 Å². The van der Waals surface area contributed by atoms with Crippen molar-refractivity contribution in [1.29, 1.82) is 0 Å². The number of nitrogens with zero attached hydrogens (tertiary/aromatic N) is 1. The zero-order valence-electron chi connectivity index (χ0n) is 8.37. The number of nitrogens with two attached hydrogens (primary N) is 1. The van der Waals surface area contributed by atoms with E-state index in [1.54, 1.807) is 4.90 Å². The summed E-state index contributed by atoms with van der Waals surface area (Å²) in [7, 11) is 0. The van der Waals surface area contributed by atoms with Crippen molar-refractivity contribution in [2.45, 2.75) is 12.8 Å². The summed E-state index contributed by atoms with van der Waals surface area (Å²) in [6, 6.07) is 5.66. The maximum atomic E-state index is 11.7. The van der Waals surface area contributed by atoms with Crippen LogP contribution in [0.3, 0.4) is 0 Å². The van der Waals surface area contributed by atoms with E-state index in [-0.39, 0.29) is 5.91 Å². The van der Waals surface area contributed by atoms with E-state index in [9.17, 15) is 4.79 Å². The topological polar surface area (TPSA) is 46.3 Å². The van der Waals surface area contributed by atoms with Crippen LogP contribution >= 0.6 is 11.6 Å². The van der Waals surface area contributed by atoms with Crippen molar-refractivity contribution in [3.8, 4) is 0 Å². The van der Waals surface area contributed by atoms with Crippen LogP contribution in [-0.4, -0.2) is 19.0 Å². The summed E-state index contributed by atoms with van der Waals surface area (Å²) < 4.78 is 0. The molecule has 1 aliphatic rings. The van der Waals surface area contributed by atoms with Crippen molar-refractivity contribution < 1.29 is 4.79 Å². The zero-order valence-corrected chi connectivity index (χ0v) is 9.13. The van der Waals surface area contributed by atoms with Crippen LogP contribution in [0.15, 0.2) is 18.2 Å². The van der Waals surface area contributed by atoms with Crippen molar-refractivity contribution in [3.05, 3.63) is 28.8 Å². The molecular weight excluding hydrogens is 212 g/mol. The van der Waals surface area contributed by atoms with Crippen molar-refractivity contribution in [1.82, 2.24) is 0 Å². The predicted molar refractivity (Wildman–Crippen MR) is 61.2 cm³/mol. The van der Waals surface area contributed by atoms with Gasteiger partial charge in [0.1, 0.15) is 0 Å². The second-order valence-corrected chi connectivity index (χ2v) is 3.98. The normalized spacial score (nSPS) is 14.1. The highest BCUT2D eigenvalue weighted by molar-refractivity contribution is 6.32. The van der Waals surface area contributed by atoms with Gasteiger partial charge in [0.25, 0.3) is 0 Å². The van der Waals surface area contributed by atoms with Gasteiger partial charge in [-0.15, -0.1) is 0 Å². The molecule has 0 bridgehead atoms. The Labute approximate surface area is 93.8 Å². The SMILES string of the molecule is NCCC(=O)N1CCc2c(Cl)cccc21. The number of carbonyl (C=O) groups excluding carboxylic acids is 1. The number of hydrogen-bond acceptors (Lipinski definition) is 2. The van der Waals surface area contributed by atoms with Crippen LogP contribution in [0.4, 0.5) is 5.69 Å². The molecule has 1 aromatic carbocycles. The molecule has 0 spiro atoms. The second kappa shape index (κ2) is 4.21. The Morgan fingerprint density at radius 2 is 2.33 bits per heavy atom. The zero-order chi connectivity index (χ0) is 10.8. The lowest BCUT2D eigenvalue weighted by Crippen LogP contribution is -2.30. The lowest BCUT2D eigenvalue weighted by atomic mass is 10.2. The molecule has 0 atom stereocenters. The molecule has 1 amide bonds. The molecule has 15 heavy (non-hydrogen) atoms. The number of benzene rings is 1. The molecule has 2 rings (SSSR count). The van der Waals surface area contributed by atoms with E-state index in [4.69, 9.17) is 17.3 Å². The summed E-state index contributed by atoms with van der Waals surface area (Å²) in [6.07, 6.45) is 1.23. The summed E-state index contributed by atoms with van der Waals surface area (Å²) in [5.41, 5.74) is 7.39. The Kier molecular flexibility index (Phi) is 2.93. The Hall–Kier alpha value is -1.06. The van der Waals surface area contributed by atoms with Crippen LogP contribution < -0.4 is 10.6 Å². The molecule has 1 aliphatic heterocycles. The Morgan fingerprint density at radius 3 is 3.07 bits per heavy atom. The summed E-state index contributed by atoms with van der Waals surface area (Å²) in [5.74, 6) is 0.0820. The molecule has 0 saturated carbocycles. The quantitative estimate of drug-likeness (QED) is 0.829. The molecule has 0 aromatic heterocycles. The molecule has 2 N–H and O–H groups in total. The molecule has 4 heteroatoms. The monoisotopic (exact) mass is 224 g/mol. The number of fused-ring (bicyclic) bond motifs is 1. The second-order valence-electron chi connectivity index (χ2n) is 3.57. The fourth-order valence-corrected chi connectivity index (χ4v) is 2.17. The van der Waals surface area contributed by atoms with Crippen molar-refractivity contribution in [2.75, 3.05) is 18.0 Å². The van der Waals surface area contributed by atoms with Gasteiger partial charge >= 0.3 is 0 Å². The van der Waals surface area contributed by atoms with Crippen LogP contribution in [0.1, 0.15) is 12.0 Å². The number of hydrogen-bond donors (Lipinski definition) is 1. The third-order valence-corrected chi connectivity index (χ3v) is 2.98. The largest absolute Gasteiger partial charge is 0.330 e. The highest BCUT2D eigenvalue weighted by atomic mass is 35.5. The summed E-state index contributed by atoms with van der Waals surface area (Å²) in [5, 5.41) is 0.746. The highest BCUT2D eigenvalue weighted by Crippen LogP contribution is 2.33. The van der Waals surface area contributed by atoms with Gasteiger partial charge in [-0.25, -0.2) is 0 Å². The van der Waals surface area contributed by atoms with E-state index in [1.807, 2.05) is 18.2 Å². The lowest BCUT2D eigenvalue weighted by molar-refractivity contribution is -0.118. The van der Waals surface area contributed by atoms with E-state index < -0.39 is 0 Å². The molecule has 1 heterocycles. The number of halogens is 1. The molecule has 80 valence electrons. The van der Waals surface area contributed by atoms with E-state index in [1.165, 1.54) is 0 Å². The first-order valence-corrected chi connectivity index (χ1v) is 5.39. The standard InChI is InChI=1S/C11H13ClN2O/c12-9-2-1-3-10-8(9)5-7-14(10)11(15)4-6-13/h1-3H,4-7,13H2. The number of rotatable bonds is 2. The minimum Gasteiger partial charge on any atom is -0.330 e. The highest BCUT2D eigenvalue weighted by Gasteiger charge is 2.25. The third kappa shape index (κ3) is 1.85. The molecule has 0 radical (unpaired) electrons. The van der Waals surface area contributed by atoms with Gasteiger partial charge in [0.2, 0.25) is 5.91 Å². The molecule has 3 nitrogen and oxygen atoms in total. The van der Waals surface area contributed by atoms with Gasteiger partial charge in [-0.2, -0.15) is 0 Å². The minimum atomic E-state index is 0.0820. The fourth-order valence-electron chi connectivity index (χ4n) is 1.91. The van der Waals surface area contributed by atoms with E-state index in [2.05, 4.69) is 0 Å². The molecule has 0 aliphatic carbocycles. The first-order valence-electron chi connectivity index (χ1n) is 5.02. The summed E-state index contributed by atoms with van der Waals surface area (Å²) in [4.78, 5) is 13.5. The first-order chi connectivity index (χ1) is 7.24. The van der Waals surface area contributed by atoms with Crippen LogP contribution in [0.2, 0.25) is 5.02 Å². The molecular formula is C11H13ClN2O. The Balaban J connectivity index is 2.29. The fraction of sp³-hybridized carbons (Fsp3) is 0.364. The van der Waals surface area contributed by atoms with Gasteiger partial charge in [0, 0.05) is 30.2 Å². The van der Waals surface area contributed by atoms with Crippen LogP contribution in [0.5, 0.6) is 0 Å². The number of amides is 1. The van der Waals surface area contributed by atoms with Gasteiger partial charge < -0.3 is 10.6 Å². The van der Waals surface area contributed by atoms with Gasteiger partial charge in [-0.1, -0.05) is 17.7 Å². The predicted octanol–water partition coefficient (Wildman–Crippen LogP) is 1.58. The van der Waals surface area contributed by atoms with Gasteiger partial charge in [0.15, 0.2) is 0 Å². The van der Waals surface area contributed by atoms with E-state index in [0.717, 1.165) is 29.2 Å². The van der Waals surface area contributed by atoms with Crippen LogP contribution in [0, 0.1) is 0 Å². The minimum absolute atomic E-state index is 0.0820. The van der Waals surface area contributed by atoms with Crippen molar-refractivity contribution in [3.63, 3.8) is 0 Å². The summed E-state index contributed by atoms with van der Waals surface area (Å²) in [6.45, 7) is 1.11. The smallest absolute Gasteiger partial charge is 0.228 e. The number of anilines is 1.